The van der Waals surface area contributed by atoms with Gasteiger partial charge in [0, 0.05) is 6.07 Å². The summed E-state index contributed by atoms with van der Waals surface area (Å²) >= 11 is 4.68. The average molecular weight is 259 g/mol. The highest BCUT2D eigenvalue weighted by Gasteiger charge is 2.00. The Balaban J connectivity index is 1.99. The number of hydrogen-bond donors (Lipinski definition) is 1. The first-order valence-corrected chi connectivity index (χ1v) is 5.89. The maximum atomic E-state index is 5.65. The molecule has 2 aromatic rings. The first-order valence-electron chi connectivity index (χ1n) is 5.48. The monoisotopic (exact) mass is 259 g/mol. The van der Waals surface area contributed by atoms with E-state index in [-0.39, 0.29) is 5.17 Å². The van der Waals surface area contributed by atoms with E-state index in [2.05, 4.69) is 12.2 Å². The van der Waals surface area contributed by atoms with Crippen molar-refractivity contribution < 1.29 is 9.47 Å². The highest BCUT2D eigenvalue weighted by Crippen LogP contribution is 2.20. The van der Waals surface area contributed by atoms with Crippen molar-refractivity contribution in [3.8, 4) is 11.5 Å². The van der Waals surface area contributed by atoms with Gasteiger partial charge in [0.05, 0.1) is 0 Å². The summed E-state index contributed by atoms with van der Waals surface area (Å²) in [5.74, 6) is 1.29. The number of nitrogens with two attached hydrogens (primary N) is 1. The van der Waals surface area contributed by atoms with Gasteiger partial charge >= 0.3 is 0 Å². The van der Waals surface area contributed by atoms with Crippen LogP contribution in [0.5, 0.6) is 11.5 Å². The van der Waals surface area contributed by atoms with Gasteiger partial charge in [-0.15, -0.1) is 0 Å². The van der Waals surface area contributed by atoms with Crippen LogP contribution in [0.15, 0.2) is 54.6 Å². The molecule has 0 bridgehead atoms. The van der Waals surface area contributed by atoms with Crippen molar-refractivity contribution in [2.45, 2.75) is 6.61 Å². The molecule has 0 saturated carbocycles. The lowest BCUT2D eigenvalue weighted by molar-refractivity contribution is 0.305. The smallest absolute Gasteiger partial charge is 0.259 e. The Hall–Kier alpha value is -2.07. The molecule has 0 aromatic heterocycles. The zero-order chi connectivity index (χ0) is 12.8. The molecule has 3 nitrogen and oxygen atoms in total. The predicted molar refractivity (Wildman–Crippen MR) is 74.6 cm³/mol. The molecule has 2 aromatic carbocycles. The molecular formula is C14H13NO2S. The van der Waals surface area contributed by atoms with Gasteiger partial charge in [-0.25, -0.2) is 0 Å². The van der Waals surface area contributed by atoms with Gasteiger partial charge in [-0.3, -0.25) is 0 Å². The first kappa shape index (κ1) is 12.4. The molecule has 2 rings (SSSR count). The minimum Gasteiger partial charge on any atom is -0.489 e. The SMILES string of the molecule is NC(=S)Oc1cccc(OCc2ccccc2)c1. The van der Waals surface area contributed by atoms with Gasteiger partial charge in [0.2, 0.25) is 0 Å². The van der Waals surface area contributed by atoms with Crippen LogP contribution in [-0.2, 0) is 6.61 Å². The molecule has 0 heterocycles. The first-order chi connectivity index (χ1) is 8.74. The molecule has 0 fully saturated rings. The molecule has 0 radical (unpaired) electrons. The van der Waals surface area contributed by atoms with Crippen molar-refractivity contribution in [3.63, 3.8) is 0 Å². The lowest BCUT2D eigenvalue weighted by Crippen LogP contribution is -2.15. The second-order valence-electron chi connectivity index (χ2n) is 3.67. The molecule has 18 heavy (non-hydrogen) atoms. The number of rotatable bonds is 4. The van der Waals surface area contributed by atoms with Gasteiger partial charge in [0.1, 0.15) is 18.1 Å². The van der Waals surface area contributed by atoms with Crippen LogP contribution in [0.4, 0.5) is 0 Å². The molecule has 0 aliphatic carbocycles. The van der Waals surface area contributed by atoms with Gasteiger partial charge in [-0.05, 0) is 29.9 Å². The maximum Gasteiger partial charge on any atom is 0.259 e. The third-order valence-electron chi connectivity index (χ3n) is 2.27. The van der Waals surface area contributed by atoms with Crippen molar-refractivity contribution in [3.05, 3.63) is 60.2 Å². The maximum absolute atomic E-state index is 5.65. The third-order valence-corrected chi connectivity index (χ3v) is 2.36. The number of ether oxygens (including phenoxy) is 2. The summed E-state index contributed by atoms with van der Waals surface area (Å²) in [6.07, 6.45) is 0. The number of hydrogen-bond acceptors (Lipinski definition) is 3. The fourth-order valence-electron chi connectivity index (χ4n) is 1.48. The molecule has 0 amide bonds. The van der Waals surface area contributed by atoms with Gasteiger partial charge in [-0.2, -0.15) is 0 Å². The summed E-state index contributed by atoms with van der Waals surface area (Å²) in [5, 5.41) is -0.00444. The Morgan fingerprint density at radius 1 is 1.00 bits per heavy atom. The molecule has 0 aliphatic rings. The van der Waals surface area contributed by atoms with Crippen LogP contribution in [0.1, 0.15) is 5.56 Å². The summed E-state index contributed by atoms with van der Waals surface area (Å²) < 4.78 is 10.8. The van der Waals surface area contributed by atoms with E-state index in [0.29, 0.717) is 18.1 Å². The fraction of sp³-hybridized carbons (Fsp3) is 0.0714. The van der Waals surface area contributed by atoms with E-state index in [0.717, 1.165) is 5.56 Å². The van der Waals surface area contributed by atoms with Gasteiger partial charge in [-0.1, -0.05) is 36.4 Å². The molecule has 2 N–H and O–H groups in total. The minimum atomic E-state index is -0.00444. The van der Waals surface area contributed by atoms with Crippen molar-refractivity contribution in [2.24, 2.45) is 5.73 Å². The van der Waals surface area contributed by atoms with Crippen LogP contribution in [0.2, 0.25) is 0 Å². The quantitative estimate of drug-likeness (QED) is 0.857. The standard InChI is InChI=1S/C14H13NO2S/c15-14(18)17-13-8-4-7-12(9-13)16-10-11-5-2-1-3-6-11/h1-9H,10H2,(H2,15,18). The molecule has 0 aliphatic heterocycles. The van der Waals surface area contributed by atoms with E-state index < -0.39 is 0 Å². The zero-order valence-corrected chi connectivity index (χ0v) is 10.5. The molecule has 4 heteroatoms. The van der Waals surface area contributed by atoms with Crippen molar-refractivity contribution in [1.29, 1.82) is 0 Å². The van der Waals surface area contributed by atoms with Crippen molar-refractivity contribution in [2.75, 3.05) is 0 Å². The van der Waals surface area contributed by atoms with Crippen LogP contribution in [-0.4, -0.2) is 5.17 Å². The fourth-order valence-corrected chi connectivity index (χ4v) is 1.58. The number of benzene rings is 2. The highest BCUT2D eigenvalue weighted by atomic mass is 32.1. The Bertz CT molecular complexity index is 528. The number of thiocarbonyl (C=S) groups is 1. The average Bonchev–Trinajstić information content (AvgIpc) is 2.37. The molecule has 0 saturated heterocycles. The molecule has 92 valence electrons. The van der Waals surface area contributed by atoms with Crippen molar-refractivity contribution in [1.82, 2.24) is 0 Å². The zero-order valence-electron chi connectivity index (χ0n) is 9.71. The van der Waals surface area contributed by atoms with E-state index in [4.69, 9.17) is 15.2 Å². The Kier molecular flexibility index (Phi) is 4.15. The van der Waals surface area contributed by atoms with Crippen LogP contribution in [0, 0.1) is 0 Å². The summed E-state index contributed by atoms with van der Waals surface area (Å²) in [7, 11) is 0. The van der Waals surface area contributed by atoms with E-state index >= 15 is 0 Å². The van der Waals surface area contributed by atoms with Crippen molar-refractivity contribution >= 4 is 17.4 Å². The van der Waals surface area contributed by atoms with E-state index in [1.54, 1.807) is 12.1 Å². The molecule has 0 unspecified atom stereocenters. The normalized spacial score (nSPS) is 9.78. The second kappa shape index (κ2) is 6.02. The Labute approximate surface area is 111 Å². The lowest BCUT2D eigenvalue weighted by atomic mass is 10.2. The van der Waals surface area contributed by atoms with Gasteiger partial charge in [0.25, 0.3) is 5.17 Å². The summed E-state index contributed by atoms with van der Waals surface area (Å²) in [4.78, 5) is 0. The van der Waals surface area contributed by atoms with E-state index in [1.165, 1.54) is 0 Å². The van der Waals surface area contributed by atoms with Crippen LogP contribution >= 0.6 is 12.2 Å². The van der Waals surface area contributed by atoms with Gasteiger partial charge in [0.15, 0.2) is 0 Å². The van der Waals surface area contributed by atoms with Gasteiger partial charge < -0.3 is 15.2 Å². The summed E-state index contributed by atoms with van der Waals surface area (Å²) in [6, 6.07) is 17.2. The largest absolute Gasteiger partial charge is 0.489 e. The Morgan fingerprint density at radius 2 is 1.72 bits per heavy atom. The van der Waals surface area contributed by atoms with Crippen LogP contribution in [0.25, 0.3) is 0 Å². The summed E-state index contributed by atoms with van der Waals surface area (Å²) in [5.41, 5.74) is 6.42. The van der Waals surface area contributed by atoms with Crippen LogP contribution < -0.4 is 15.2 Å². The second-order valence-corrected chi connectivity index (χ2v) is 4.07. The van der Waals surface area contributed by atoms with Crippen LogP contribution in [0.3, 0.4) is 0 Å². The molecule has 0 spiro atoms. The third kappa shape index (κ3) is 3.75. The highest BCUT2D eigenvalue weighted by molar-refractivity contribution is 7.80. The van der Waals surface area contributed by atoms with E-state index in [1.807, 2.05) is 42.5 Å². The predicted octanol–water partition coefficient (Wildman–Crippen LogP) is 2.89. The molecular weight excluding hydrogens is 246 g/mol. The molecule has 0 atom stereocenters. The van der Waals surface area contributed by atoms with E-state index in [9.17, 15) is 0 Å². The summed E-state index contributed by atoms with van der Waals surface area (Å²) in [6.45, 7) is 0.511. The minimum absolute atomic E-state index is 0.00444. The lowest BCUT2D eigenvalue weighted by Gasteiger charge is -2.08. The Morgan fingerprint density at radius 3 is 2.44 bits per heavy atom. The topological polar surface area (TPSA) is 44.5 Å².